The Hall–Kier alpha value is -0.570. The van der Waals surface area contributed by atoms with Gasteiger partial charge >= 0.3 is 0 Å². The fourth-order valence-electron chi connectivity index (χ4n) is 0.900. The maximum absolute atomic E-state index is 10.5. The molecule has 0 aromatic rings. The second-order valence-corrected chi connectivity index (χ2v) is 3.15. The molecule has 0 bridgehead atoms. The zero-order chi connectivity index (χ0) is 8.27. The SMILES string of the molecule is CC(OCCC1CC1)C(N)=O. The van der Waals surface area contributed by atoms with E-state index >= 15 is 0 Å². The van der Waals surface area contributed by atoms with E-state index in [9.17, 15) is 4.79 Å². The van der Waals surface area contributed by atoms with E-state index in [4.69, 9.17) is 10.5 Å². The van der Waals surface area contributed by atoms with Gasteiger partial charge in [0.1, 0.15) is 6.10 Å². The van der Waals surface area contributed by atoms with Crippen LogP contribution < -0.4 is 5.73 Å². The maximum atomic E-state index is 10.5. The molecule has 1 saturated carbocycles. The van der Waals surface area contributed by atoms with E-state index < -0.39 is 6.10 Å². The normalized spacial score (nSPS) is 19.7. The first-order valence-electron chi connectivity index (χ1n) is 4.11. The van der Waals surface area contributed by atoms with Gasteiger partial charge in [0.2, 0.25) is 5.91 Å². The predicted octanol–water partition coefficient (Wildman–Crippen LogP) is 0.677. The zero-order valence-corrected chi connectivity index (χ0v) is 6.88. The van der Waals surface area contributed by atoms with Gasteiger partial charge in [0, 0.05) is 6.61 Å². The van der Waals surface area contributed by atoms with Crippen LogP contribution in [0, 0.1) is 5.92 Å². The highest BCUT2D eigenvalue weighted by molar-refractivity contribution is 5.78. The second-order valence-electron chi connectivity index (χ2n) is 3.15. The molecular formula is C8H15NO2. The number of rotatable bonds is 5. The van der Waals surface area contributed by atoms with Crippen LogP contribution in [0.2, 0.25) is 0 Å². The van der Waals surface area contributed by atoms with E-state index in [1.807, 2.05) is 0 Å². The molecule has 2 N–H and O–H groups in total. The molecule has 3 nitrogen and oxygen atoms in total. The zero-order valence-electron chi connectivity index (χ0n) is 6.88. The Kier molecular flexibility index (Phi) is 2.88. The number of carbonyl (C=O) groups is 1. The van der Waals surface area contributed by atoms with E-state index in [0.717, 1.165) is 12.3 Å². The lowest BCUT2D eigenvalue weighted by atomic mass is 10.3. The van der Waals surface area contributed by atoms with Crippen LogP contribution in [0.15, 0.2) is 0 Å². The summed E-state index contributed by atoms with van der Waals surface area (Å²) < 4.78 is 5.18. The van der Waals surface area contributed by atoms with Crippen LogP contribution >= 0.6 is 0 Å². The number of hydrogen-bond acceptors (Lipinski definition) is 2. The minimum atomic E-state index is -0.422. The van der Waals surface area contributed by atoms with E-state index in [-0.39, 0.29) is 5.91 Å². The third-order valence-corrected chi connectivity index (χ3v) is 1.99. The Morgan fingerprint density at radius 2 is 2.36 bits per heavy atom. The van der Waals surface area contributed by atoms with Gasteiger partial charge in [-0.2, -0.15) is 0 Å². The minimum Gasteiger partial charge on any atom is -0.369 e. The summed E-state index contributed by atoms with van der Waals surface area (Å²) in [6, 6.07) is 0. The number of ether oxygens (including phenoxy) is 1. The molecule has 1 atom stereocenters. The van der Waals surface area contributed by atoms with Crippen LogP contribution in [0.25, 0.3) is 0 Å². The van der Waals surface area contributed by atoms with Crippen LogP contribution in [0.1, 0.15) is 26.2 Å². The van der Waals surface area contributed by atoms with Crippen molar-refractivity contribution in [2.75, 3.05) is 6.61 Å². The van der Waals surface area contributed by atoms with Crippen LogP contribution in [-0.4, -0.2) is 18.6 Å². The van der Waals surface area contributed by atoms with Crippen molar-refractivity contribution in [1.82, 2.24) is 0 Å². The van der Waals surface area contributed by atoms with Crippen molar-refractivity contribution in [1.29, 1.82) is 0 Å². The number of nitrogens with two attached hydrogens (primary N) is 1. The molecule has 3 heteroatoms. The summed E-state index contributed by atoms with van der Waals surface area (Å²) in [6.45, 7) is 2.37. The molecule has 1 amide bonds. The van der Waals surface area contributed by atoms with Crippen LogP contribution in [0.3, 0.4) is 0 Å². The fraction of sp³-hybridized carbons (Fsp3) is 0.875. The Bertz CT molecular complexity index is 143. The number of amides is 1. The lowest BCUT2D eigenvalue weighted by Crippen LogP contribution is -2.28. The molecule has 1 fully saturated rings. The highest BCUT2D eigenvalue weighted by atomic mass is 16.5. The highest BCUT2D eigenvalue weighted by Crippen LogP contribution is 2.32. The van der Waals surface area contributed by atoms with Gasteiger partial charge in [-0.1, -0.05) is 12.8 Å². The monoisotopic (exact) mass is 157 g/mol. The van der Waals surface area contributed by atoms with Crippen molar-refractivity contribution in [2.24, 2.45) is 11.7 Å². The molecule has 64 valence electrons. The Labute approximate surface area is 66.9 Å². The van der Waals surface area contributed by atoms with Crippen molar-refractivity contribution in [3.05, 3.63) is 0 Å². The number of carbonyl (C=O) groups excluding carboxylic acids is 1. The minimum absolute atomic E-state index is 0.374. The first-order chi connectivity index (χ1) is 5.20. The standard InChI is InChI=1S/C8H15NO2/c1-6(8(9)10)11-5-4-7-2-3-7/h6-7H,2-5H2,1H3,(H2,9,10). The van der Waals surface area contributed by atoms with Gasteiger partial charge < -0.3 is 10.5 Å². The summed E-state index contributed by atoms with van der Waals surface area (Å²) in [4.78, 5) is 10.5. The van der Waals surface area contributed by atoms with E-state index in [0.29, 0.717) is 6.61 Å². The topological polar surface area (TPSA) is 52.3 Å². The van der Waals surface area contributed by atoms with Crippen molar-refractivity contribution in [3.8, 4) is 0 Å². The van der Waals surface area contributed by atoms with Gasteiger partial charge in [-0.25, -0.2) is 0 Å². The Morgan fingerprint density at radius 3 is 2.82 bits per heavy atom. The first kappa shape index (κ1) is 8.53. The first-order valence-corrected chi connectivity index (χ1v) is 4.11. The molecule has 0 aliphatic heterocycles. The Morgan fingerprint density at radius 1 is 1.73 bits per heavy atom. The van der Waals surface area contributed by atoms with Crippen LogP contribution in [0.4, 0.5) is 0 Å². The molecule has 0 aromatic heterocycles. The molecule has 1 unspecified atom stereocenters. The smallest absolute Gasteiger partial charge is 0.246 e. The fourth-order valence-corrected chi connectivity index (χ4v) is 0.900. The van der Waals surface area contributed by atoms with Crippen molar-refractivity contribution >= 4 is 5.91 Å². The average molecular weight is 157 g/mol. The molecule has 1 aliphatic carbocycles. The van der Waals surface area contributed by atoms with Gasteiger partial charge in [-0.05, 0) is 19.3 Å². The van der Waals surface area contributed by atoms with Gasteiger partial charge in [0.05, 0.1) is 0 Å². The van der Waals surface area contributed by atoms with Gasteiger partial charge in [-0.3, -0.25) is 4.79 Å². The molecule has 0 spiro atoms. The molecule has 1 aliphatic rings. The molecule has 0 radical (unpaired) electrons. The molecule has 0 heterocycles. The predicted molar refractivity (Wildman–Crippen MR) is 41.9 cm³/mol. The largest absolute Gasteiger partial charge is 0.369 e. The highest BCUT2D eigenvalue weighted by Gasteiger charge is 2.21. The molecule has 1 rings (SSSR count). The quantitative estimate of drug-likeness (QED) is 0.638. The molecule has 11 heavy (non-hydrogen) atoms. The summed E-state index contributed by atoms with van der Waals surface area (Å²) in [5.41, 5.74) is 5.00. The van der Waals surface area contributed by atoms with E-state index in [2.05, 4.69) is 0 Å². The van der Waals surface area contributed by atoms with Crippen LogP contribution in [0.5, 0.6) is 0 Å². The Balaban J connectivity index is 1.96. The van der Waals surface area contributed by atoms with Crippen molar-refractivity contribution in [3.63, 3.8) is 0 Å². The lowest BCUT2D eigenvalue weighted by Gasteiger charge is -2.07. The third kappa shape index (κ3) is 3.37. The molecule has 0 saturated heterocycles. The summed E-state index contributed by atoms with van der Waals surface area (Å²) in [5.74, 6) is 0.482. The lowest BCUT2D eigenvalue weighted by molar-refractivity contribution is -0.128. The number of primary amides is 1. The van der Waals surface area contributed by atoms with Gasteiger partial charge in [0.15, 0.2) is 0 Å². The van der Waals surface area contributed by atoms with Crippen LogP contribution in [-0.2, 0) is 9.53 Å². The van der Waals surface area contributed by atoms with Gasteiger partial charge in [-0.15, -0.1) is 0 Å². The summed E-state index contributed by atoms with van der Waals surface area (Å²) >= 11 is 0. The maximum Gasteiger partial charge on any atom is 0.246 e. The summed E-state index contributed by atoms with van der Waals surface area (Å²) in [7, 11) is 0. The van der Waals surface area contributed by atoms with Crippen molar-refractivity contribution in [2.45, 2.75) is 32.3 Å². The average Bonchev–Trinajstić information content (AvgIpc) is 2.71. The van der Waals surface area contributed by atoms with Gasteiger partial charge in [0.25, 0.3) is 0 Å². The number of hydrogen-bond donors (Lipinski definition) is 1. The molecular weight excluding hydrogens is 142 g/mol. The summed E-state index contributed by atoms with van der Waals surface area (Å²) in [5, 5.41) is 0. The summed E-state index contributed by atoms with van der Waals surface area (Å²) in [6.07, 6.45) is 3.31. The van der Waals surface area contributed by atoms with E-state index in [1.165, 1.54) is 12.8 Å². The third-order valence-electron chi connectivity index (χ3n) is 1.99. The van der Waals surface area contributed by atoms with E-state index in [1.54, 1.807) is 6.92 Å². The van der Waals surface area contributed by atoms with Crippen molar-refractivity contribution < 1.29 is 9.53 Å². The molecule has 0 aromatic carbocycles. The second kappa shape index (κ2) is 3.72.